The summed E-state index contributed by atoms with van der Waals surface area (Å²) < 4.78 is 44.8. The molecule has 0 spiro atoms. The molecular formula is C19H19ClFNO4S. The Morgan fingerprint density at radius 2 is 1.67 bits per heavy atom. The van der Waals surface area contributed by atoms with Crippen LogP contribution in [0.3, 0.4) is 0 Å². The Balaban J connectivity index is 1.54. The molecule has 2 aromatic carbocycles. The fourth-order valence-electron chi connectivity index (χ4n) is 2.94. The van der Waals surface area contributed by atoms with Crippen molar-refractivity contribution >= 4 is 27.6 Å². The van der Waals surface area contributed by atoms with Crippen LogP contribution >= 0.6 is 11.6 Å². The van der Waals surface area contributed by atoms with Crippen LogP contribution in [0.15, 0.2) is 53.4 Å². The molecule has 8 heteroatoms. The third-order valence-corrected chi connectivity index (χ3v) is 6.70. The molecule has 0 aromatic heterocycles. The normalized spacial score (nSPS) is 16.2. The van der Waals surface area contributed by atoms with E-state index < -0.39 is 10.0 Å². The van der Waals surface area contributed by atoms with E-state index in [1.165, 1.54) is 40.7 Å². The summed E-state index contributed by atoms with van der Waals surface area (Å²) in [6, 6.07) is 11.8. The van der Waals surface area contributed by atoms with Crippen LogP contribution in [0.1, 0.15) is 18.4 Å². The number of piperidine rings is 1. The van der Waals surface area contributed by atoms with Gasteiger partial charge >= 0.3 is 5.97 Å². The van der Waals surface area contributed by atoms with Gasteiger partial charge in [0.1, 0.15) is 12.4 Å². The lowest BCUT2D eigenvalue weighted by molar-refractivity contribution is -0.151. The van der Waals surface area contributed by atoms with E-state index in [1.54, 1.807) is 12.1 Å². The van der Waals surface area contributed by atoms with Crippen molar-refractivity contribution in [3.8, 4) is 0 Å². The standard InChI is InChI=1S/C19H19ClFNO4S/c20-16-3-7-18(8-4-16)27(24,25)22-11-9-15(10-12-22)19(23)26-13-14-1-5-17(21)6-2-14/h1-8,15H,9-13H2. The number of ether oxygens (including phenoxy) is 1. The Morgan fingerprint density at radius 1 is 1.07 bits per heavy atom. The first kappa shape index (κ1) is 19.8. The molecule has 0 atom stereocenters. The zero-order chi connectivity index (χ0) is 19.4. The third kappa shape index (κ3) is 4.86. The van der Waals surface area contributed by atoms with E-state index in [1.807, 2.05) is 0 Å². The molecule has 1 aliphatic rings. The average Bonchev–Trinajstić information content (AvgIpc) is 2.68. The summed E-state index contributed by atoms with van der Waals surface area (Å²) in [6.45, 7) is 0.574. The van der Waals surface area contributed by atoms with Crippen LogP contribution in [0.4, 0.5) is 4.39 Å². The van der Waals surface area contributed by atoms with Gasteiger partial charge in [-0.3, -0.25) is 4.79 Å². The number of sulfonamides is 1. The first-order chi connectivity index (χ1) is 12.9. The molecule has 1 saturated heterocycles. The van der Waals surface area contributed by atoms with Gasteiger partial charge < -0.3 is 4.74 Å². The molecule has 144 valence electrons. The number of hydrogen-bond donors (Lipinski definition) is 0. The molecule has 2 aromatic rings. The van der Waals surface area contributed by atoms with Crippen LogP contribution in [-0.2, 0) is 26.2 Å². The maximum atomic E-state index is 12.9. The van der Waals surface area contributed by atoms with Gasteiger partial charge in [-0.2, -0.15) is 4.31 Å². The summed E-state index contributed by atoms with van der Waals surface area (Å²) in [7, 11) is -3.60. The van der Waals surface area contributed by atoms with Gasteiger partial charge in [0.2, 0.25) is 10.0 Å². The number of esters is 1. The van der Waals surface area contributed by atoms with Crippen LogP contribution in [0.5, 0.6) is 0 Å². The number of halogens is 2. The highest BCUT2D eigenvalue weighted by Gasteiger charge is 2.32. The zero-order valence-corrected chi connectivity index (χ0v) is 16.0. The summed E-state index contributed by atoms with van der Waals surface area (Å²) >= 11 is 5.80. The summed E-state index contributed by atoms with van der Waals surface area (Å²) in [4.78, 5) is 12.4. The second-order valence-electron chi connectivity index (χ2n) is 6.37. The average molecular weight is 412 g/mol. The van der Waals surface area contributed by atoms with E-state index >= 15 is 0 Å². The molecule has 0 N–H and O–H groups in total. The molecule has 3 rings (SSSR count). The molecule has 1 heterocycles. The molecule has 1 aliphatic heterocycles. The number of nitrogens with zero attached hydrogens (tertiary/aromatic N) is 1. The van der Waals surface area contributed by atoms with Crippen molar-refractivity contribution < 1.29 is 22.3 Å². The third-order valence-electron chi connectivity index (χ3n) is 4.53. The summed E-state index contributed by atoms with van der Waals surface area (Å²) in [5.74, 6) is -1.05. The van der Waals surface area contributed by atoms with Crippen molar-refractivity contribution in [1.29, 1.82) is 0 Å². The number of carbonyl (C=O) groups is 1. The Labute approximate surface area is 162 Å². The molecule has 5 nitrogen and oxygen atoms in total. The minimum absolute atomic E-state index is 0.0718. The SMILES string of the molecule is O=C(OCc1ccc(F)cc1)C1CCN(S(=O)(=O)c2ccc(Cl)cc2)CC1. The molecule has 27 heavy (non-hydrogen) atoms. The number of benzene rings is 2. The van der Waals surface area contributed by atoms with Crippen molar-refractivity contribution in [3.05, 3.63) is 64.9 Å². The Kier molecular flexibility index (Phi) is 6.14. The molecule has 0 saturated carbocycles. The fourth-order valence-corrected chi connectivity index (χ4v) is 4.54. The molecule has 0 unspecified atom stereocenters. The topological polar surface area (TPSA) is 63.7 Å². The van der Waals surface area contributed by atoms with E-state index in [0.717, 1.165) is 0 Å². The first-order valence-electron chi connectivity index (χ1n) is 8.53. The lowest BCUT2D eigenvalue weighted by Gasteiger charge is -2.30. The highest BCUT2D eigenvalue weighted by atomic mass is 35.5. The molecule has 0 amide bonds. The van der Waals surface area contributed by atoms with Crippen LogP contribution < -0.4 is 0 Å². The van der Waals surface area contributed by atoms with Crippen molar-refractivity contribution in [3.63, 3.8) is 0 Å². The van der Waals surface area contributed by atoms with E-state index in [9.17, 15) is 17.6 Å². The minimum atomic E-state index is -3.60. The second kappa shape index (κ2) is 8.37. The van der Waals surface area contributed by atoms with Gasteiger partial charge in [-0.25, -0.2) is 12.8 Å². The van der Waals surface area contributed by atoms with E-state index in [-0.39, 0.29) is 42.3 Å². The molecule has 0 bridgehead atoms. The van der Waals surface area contributed by atoms with Crippen LogP contribution in [0.2, 0.25) is 5.02 Å². The fraction of sp³-hybridized carbons (Fsp3) is 0.316. The Bertz CT molecular complexity index is 892. The molecule has 1 fully saturated rings. The number of carbonyl (C=O) groups excluding carboxylic acids is 1. The minimum Gasteiger partial charge on any atom is -0.461 e. The zero-order valence-electron chi connectivity index (χ0n) is 14.5. The van der Waals surface area contributed by atoms with Gasteiger partial charge in [-0.05, 0) is 54.8 Å². The van der Waals surface area contributed by atoms with Crippen molar-refractivity contribution in [2.75, 3.05) is 13.1 Å². The maximum Gasteiger partial charge on any atom is 0.309 e. The van der Waals surface area contributed by atoms with Gasteiger partial charge in [0.05, 0.1) is 10.8 Å². The summed E-state index contributed by atoms with van der Waals surface area (Å²) in [5.41, 5.74) is 0.701. The van der Waals surface area contributed by atoms with Crippen LogP contribution in [-0.4, -0.2) is 31.8 Å². The van der Waals surface area contributed by atoms with Gasteiger partial charge in [-0.15, -0.1) is 0 Å². The quantitative estimate of drug-likeness (QED) is 0.705. The second-order valence-corrected chi connectivity index (χ2v) is 8.74. The van der Waals surface area contributed by atoms with Gasteiger partial charge in [0.15, 0.2) is 0 Å². The summed E-state index contributed by atoms with van der Waals surface area (Å²) in [5, 5.41) is 0.469. The molecular weight excluding hydrogens is 393 g/mol. The lowest BCUT2D eigenvalue weighted by Crippen LogP contribution is -2.40. The highest BCUT2D eigenvalue weighted by Crippen LogP contribution is 2.25. The van der Waals surface area contributed by atoms with E-state index in [2.05, 4.69) is 0 Å². The Morgan fingerprint density at radius 3 is 2.26 bits per heavy atom. The van der Waals surface area contributed by atoms with Gasteiger partial charge in [-0.1, -0.05) is 23.7 Å². The highest BCUT2D eigenvalue weighted by molar-refractivity contribution is 7.89. The predicted octanol–water partition coefficient (Wildman–Crippen LogP) is 3.62. The largest absolute Gasteiger partial charge is 0.461 e. The monoisotopic (exact) mass is 411 g/mol. The van der Waals surface area contributed by atoms with Crippen LogP contribution in [0, 0.1) is 11.7 Å². The maximum absolute atomic E-state index is 12.9. The molecule has 0 aliphatic carbocycles. The van der Waals surface area contributed by atoms with Gasteiger partial charge in [0, 0.05) is 18.1 Å². The smallest absolute Gasteiger partial charge is 0.309 e. The van der Waals surface area contributed by atoms with Crippen molar-refractivity contribution in [2.24, 2.45) is 5.92 Å². The van der Waals surface area contributed by atoms with Crippen molar-refractivity contribution in [2.45, 2.75) is 24.3 Å². The Hall–Kier alpha value is -1.96. The van der Waals surface area contributed by atoms with E-state index in [0.29, 0.717) is 23.4 Å². The predicted molar refractivity (Wildman–Crippen MR) is 99.1 cm³/mol. The summed E-state index contributed by atoms with van der Waals surface area (Å²) in [6.07, 6.45) is 0.796. The van der Waals surface area contributed by atoms with Gasteiger partial charge in [0.25, 0.3) is 0 Å². The number of hydrogen-bond acceptors (Lipinski definition) is 4. The number of rotatable bonds is 5. The van der Waals surface area contributed by atoms with Crippen LogP contribution in [0.25, 0.3) is 0 Å². The molecule has 0 radical (unpaired) electrons. The lowest BCUT2D eigenvalue weighted by atomic mass is 9.98. The van der Waals surface area contributed by atoms with Crippen molar-refractivity contribution in [1.82, 2.24) is 4.31 Å². The first-order valence-corrected chi connectivity index (χ1v) is 10.3. The van der Waals surface area contributed by atoms with E-state index in [4.69, 9.17) is 16.3 Å².